The fourth-order valence-electron chi connectivity index (χ4n) is 1.42. The lowest BCUT2D eigenvalue weighted by Gasteiger charge is -2.07. The standard InChI is InChI=1S/C14H10FIO2/c15-11-7-5-10(6-8-11)13(17)9-18-14-4-2-1-3-12(14)16/h1-8H,9H2. The first-order chi connectivity index (χ1) is 8.66. The number of halogens is 2. The number of carbonyl (C=O) groups excluding carboxylic acids is 1. The first-order valence-electron chi connectivity index (χ1n) is 5.33. The summed E-state index contributed by atoms with van der Waals surface area (Å²) < 4.78 is 19.1. The Kier molecular flexibility index (Phi) is 4.30. The summed E-state index contributed by atoms with van der Waals surface area (Å²) in [6.07, 6.45) is 0. The van der Waals surface area contributed by atoms with Crippen LogP contribution in [0, 0.1) is 9.39 Å². The third-order valence-electron chi connectivity index (χ3n) is 2.36. The van der Waals surface area contributed by atoms with Crippen LogP contribution in [0.15, 0.2) is 48.5 Å². The summed E-state index contributed by atoms with van der Waals surface area (Å²) in [4.78, 5) is 11.8. The van der Waals surface area contributed by atoms with Gasteiger partial charge in [-0.2, -0.15) is 0 Å². The number of hydrogen-bond donors (Lipinski definition) is 0. The van der Waals surface area contributed by atoms with E-state index in [0.717, 1.165) is 3.57 Å². The van der Waals surface area contributed by atoms with Crippen molar-refractivity contribution in [3.8, 4) is 5.75 Å². The monoisotopic (exact) mass is 356 g/mol. The van der Waals surface area contributed by atoms with Gasteiger partial charge in [0.1, 0.15) is 11.6 Å². The smallest absolute Gasteiger partial charge is 0.200 e. The molecule has 0 N–H and O–H groups in total. The predicted molar refractivity (Wildman–Crippen MR) is 75.4 cm³/mol. The maximum absolute atomic E-state index is 12.7. The van der Waals surface area contributed by atoms with Gasteiger partial charge in [-0.1, -0.05) is 12.1 Å². The molecule has 0 atom stereocenters. The lowest BCUT2D eigenvalue weighted by molar-refractivity contribution is 0.0921. The second-order valence-electron chi connectivity index (χ2n) is 3.65. The van der Waals surface area contributed by atoms with E-state index in [2.05, 4.69) is 22.6 Å². The van der Waals surface area contributed by atoms with Crippen LogP contribution in [0.1, 0.15) is 10.4 Å². The first kappa shape index (κ1) is 13.0. The van der Waals surface area contributed by atoms with Crippen molar-refractivity contribution in [1.29, 1.82) is 0 Å². The van der Waals surface area contributed by atoms with Gasteiger partial charge in [-0.25, -0.2) is 4.39 Å². The lowest BCUT2D eigenvalue weighted by atomic mass is 10.1. The van der Waals surface area contributed by atoms with Gasteiger partial charge in [0, 0.05) is 5.56 Å². The van der Waals surface area contributed by atoms with Crippen molar-refractivity contribution in [2.45, 2.75) is 0 Å². The van der Waals surface area contributed by atoms with E-state index in [1.165, 1.54) is 24.3 Å². The second-order valence-corrected chi connectivity index (χ2v) is 4.81. The highest BCUT2D eigenvalue weighted by Gasteiger charge is 2.08. The summed E-state index contributed by atoms with van der Waals surface area (Å²) in [5.74, 6) is 0.147. The molecule has 0 aliphatic rings. The van der Waals surface area contributed by atoms with Crippen LogP contribution in [0.25, 0.3) is 0 Å². The Morgan fingerprint density at radius 2 is 1.78 bits per heavy atom. The first-order valence-corrected chi connectivity index (χ1v) is 6.41. The van der Waals surface area contributed by atoms with Crippen LogP contribution in [-0.4, -0.2) is 12.4 Å². The van der Waals surface area contributed by atoms with Crippen molar-refractivity contribution in [2.75, 3.05) is 6.61 Å². The zero-order chi connectivity index (χ0) is 13.0. The number of carbonyl (C=O) groups is 1. The minimum Gasteiger partial charge on any atom is -0.484 e. The fraction of sp³-hybridized carbons (Fsp3) is 0.0714. The molecule has 0 unspecified atom stereocenters. The van der Waals surface area contributed by atoms with Crippen molar-refractivity contribution in [3.05, 3.63) is 63.5 Å². The number of ether oxygens (including phenoxy) is 1. The van der Waals surface area contributed by atoms with E-state index < -0.39 is 0 Å². The molecule has 0 aromatic heterocycles. The lowest BCUT2D eigenvalue weighted by Crippen LogP contribution is -2.12. The average molecular weight is 356 g/mol. The number of para-hydroxylation sites is 1. The molecule has 2 nitrogen and oxygen atoms in total. The molecule has 2 rings (SSSR count). The van der Waals surface area contributed by atoms with Crippen LogP contribution >= 0.6 is 22.6 Å². The van der Waals surface area contributed by atoms with Crippen molar-refractivity contribution in [2.24, 2.45) is 0 Å². The van der Waals surface area contributed by atoms with Gasteiger partial charge in [0.05, 0.1) is 3.57 Å². The van der Waals surface area contributed by atoms with Gasteiger partial charge in [0.15, 0.2) is 12.4 Å². The summed E-state index contributed by atoms with van der Waals surface area (Å²) in [5, 5.41) is 0. The van der Waals surface area contributed by atoms with Crippen molar-refractivity contribution in [1.82, 2.24) is 0 Å². The average Bonchev–Trinajstić information content (AvgIpc) is 2.38. The molecule has 0 heterocycles. The third kappa shape index (κ3) is 3.29. The molecule has 18 heavy (non-hydrogen) atoms. The molecule has 0 aliphatic carbocycles. The van der Waals surface area contributed by atoms with E-state index in [-0.39, 0.29) is 18.2 Å². The van der Waals surface area contributed by atoms with Crippen LogP contribution in [0.5, 0.6) is 5.75 Å². The number of Topliss-reactive ketones (excluding diaryl/α,β-unsaturated/α-hetero) is 1. The summed E-state index contributed by atoms with van der Waals surface area (Å²) in [6.45, 7) is -0.0500. The summed E-state index contributed by atoms with van der Waals surface area (Å²) >= 11 is 2.14. The molecular weight excluding hydrogens is 346 g/mol. The van der Waals surface area contributed by atoms with E-state index in [4.69, 9.17) is 4.74 Å². The number of ketones is 1. The third-order valence-corrected chi connectivity index (χ3v) is 3.25. The largest absolute Gasteiger partial charge is 0.484 e. The number of hydrogen-bond acceptors (Lipinski definition) is 2. The Morgan fingerprint density at radius 1 is 1.11 bits per heavy atom. The topological polar surface area (TPSA) is 26.3 Å². The summed E-state index contributed by atoms with van der Waals surface area (Å²) in [5.41, 5.74) is 0.447. The minimum absolute atomic E-state index is 0.0500. The van der Waals surface area contributed by atoms with E-state index >= 15 is 0 Å². The zero-order valence-electron chi connectivity index (χ0n) is 9.40. The molecular formula is C14H10FIO2. The molecule has 0 fully saturated rings. The molecule has 0 amide bonds. The van der Waals surface area contributed by atoms with Gasteiger partial charge in [0.2, 0.25) is 0 Å². The fourth-order valence-corrected chi connectivity index (χ4v) is 1.97. The molecule has 0 bridgehead atoms. The van der Waals surface area contributed by atoms with Crippen LogP contribution in [-0.2, 0) is 0 Å². The van der Waals surface area contributed by atoms with E-state index in [9.17, 15) is 9.18 Å². The summed E-state index contributed by atoms with van der Waals surface area (Å²) in [7, 11) is 0. The zero-order valence-corrected chi connectivity index (χ0v) is 11.6. The van der Waals surface area contributed by atoms with Gasteiger partial charge < -0.3 is 4.74 Å². The van der Waals surface area contributed by atoms with Crippen molar-refractivity contribution < 1.29 is 13.9 Å². The van der Waals surface area contributed by atoms with Gasteiger partial charge in [-0.05, 0) is 59.0 Å². The molecule has 0 radical (unpaired) electrons. The molecule has 2 aromatic rings. The number of rotatable bonds is 4. The number of benzene rings is 2. The highest BCUT2D eigenvalue weighted by Crippen LogP contribution is 2.19. The van der Waals surface area contributed by atoms with Crippen LogP contribution in [0.4, 0.5) is 4.39 Å². The van der Waals surface area contributed by atoms with Crippen LogP contribution < -0.4 is 4.74 Å². The highest BCUT2D eigenvalue weighted by atomic mass is 127. The van der Waals surface area contributed by atoms with Gasteiger partial charge >= 0.3 is 0 Å². The van der Waals surface area contributed by atoms with Gasteiger partial charge in [0.25, 0.3) is 0 Å². The summed E-state index contributed by atoms with van der Waals surface area (Å²) in [6, 6.07) is 12.9. The highest BCUT2D eigenvalue weighted by molar-refractivity contribution is 14.1. The normalized spacial score (nSPS) is 10.1. The van der Waals surface area contributed by atoms with Gasteiger partial charge in [-0.3, -0.25) is 4.79 Å². The minimum atomic E-state index is -0.356. The quantitative estimate of drug-likeness (QED) is 0.617. The van der Waals surface area contributed by atoms with E-state index in [1.54, 1.807) is 6.07 Å². The maximum atomic E-state index is 12.7. The molecule has 0 saturated heterocycles. The SMILES string of the molecule is O=C(COc1ccccc1I)c1ccc(F)cc1. The van der Waals surface area contributed by atoms with E-state index in [1.807, 2.05) is 18.2 Å². The van der Waals surface area contributed by atoms with Crippen LogP contribution in [0.3, 0.4) is 0 Å². The molecule has 4 heteroatoms. The molecule has 0 aliphatic heterocycles. The Labute approximate surface area is 118 Å². The molecule has 0 saturated carbocycles. The predicted octanol–water partition coefficient (Wildman–Crippen LogP) is 3.69. The maximum Gasteiger partial charge on any atom is 0.200 e. The van der Waals surface area contributed by atoms with Crippen LogP contribution in [0.2, 0.25) is 0 Å². The van der Waals surface area contributed by atoms with Gasteiger partial charge in [-0.15, -0.1) is 0 Å². The Morgan fingerprint density at radius 3 is 2.44 bits per heavy atom. The Bertz CT molecular complexity index is 552. The molecule has 2 aromatic carbocycles. The van der Waals surface area contributed by atoms with Crippen molar-refractivity contribution in [3.63, 3.8) is 0 Å². The Balaban J connectivity index is 2.01. The van der Waals surface area contributed by atoms with E-state index in [0.29, 0.717) is 11.3 Å². The molecule has 92 valence electrons. The second kappa shape index (κ2) is 5.95. The molecule has 0 spiro atoms. The van der Waals surface area contributed by atoms with Crippen molar-refractivity contribution >= 4 is 28.4 Å². The Hall–Kier alpha value is -1.43.